The van der Waals surface area contributed by atoms with Gasteiger partial charge in [-0.05, 0) is 31.9 Å². The van der Waals surface area contributed by atoms with Crippen LogP contribution < -0.4 is 15.5 Å². The van der Waals surface area contributed by atoms with Crippen molar-refractivity contribution in [2.45, 2.75) is 25.8 Å². The monoisotopic (exact) mass is 259 g/mol. The highest BCUT2D eigenvalue weighted by molar-refractivity contribution is 5.93. The van der Waals surface area contributed by atoms with Crippen LogP contribution in [0.15, 0.2) is 36.4 Å². The van der Waals surface area contributed by atoms with Gasteiger partial charge in [-0.3, -0.25) is 0 Å². The number of nitrogens with one attached hydrogen (secondary N) is 2. The lowest BCUT2D eigenvalue weighted by molar-refractivity contribution is 0.249. The molecular weight excluding hydrogens is 238 g/mol. The van der Waals surface area contributed by atoms with Gasteiger partial charge in [-0.2, -0.15) is 0 Å². The fourth-order valence-corrected chi connectivity index (χ4v) is 2.16. The van der Waals surface area contributed by atoms with Gasteiger partial charge in [-0.25, -0.2) is 4.79 Å². The molecule has 4 heteroatoms. The molecule has 0 saturated heterocycles. The topological polar surface area (TPSA) is 44.4 Å². The molecule has 1 aromatic carbocycles. The molecule has 1 aromatic rings. The van der Waals surface area contributed by atoms with E-state index >= 15 is 0 Å². The van der Waals surface area contributed by atoms with Crippen molar-refractivity contribution >= 4 is 17.4 Å². The molecule has 2 N–H and O–H groups in total. The minimum atomic E-state index is -0.134. The molecule has 0 atom stereocenters. The zero-order chi connectivity index (χ0) is 13.7. The van der Waals surface area contributed by atoms with Gasteiger partial charge in [0.2, 0.25) is 0 Å². The van der Waals surface area contributed by atoms with Crippen LogP contribution in [0, 0.1) is 0 Å². The third kappa shape index (κ3) is 3.50. The number of anilines is 2. The molecule has 0 spiro atoms. The molecule has 0 unspecified atom stereocenters. The normalized spacial score (nSPS) is 14.4. The van der Waals surface area contributed by atoms with Gasteiger partial charge in [0, 0.05) is 19.6 Å². The lowest BCUT2D eigenvalue weighted by atomic mass is 10.2. The number of carbonyl (C=O) groups excluding carboxylic acids is 1. The van der Waals surface area contributed by atoms with Gasteiger partial charge >= 0.3 is 6.03 Å². The van der Waals surface area contributed by atoms with Crippen LogP contribution in [0.3, 0.4) is 0 Å². The molecular formula is C15H21N3O. The molecule has 0 aliphatic heterocycles. The first-order chi connectivity index (χ1) is 9.20. The highest BCUT2D eigenvalue weighted by atomic mass is 16.2. The fraction of sp³-hybridized carbons (Fsp3) is 0.400. The Bertz CT molecular complexity index is 462. The first-order valence-corrected chi connectivity index (χ1v) is 6.73. The van der Waals surface area contributed by atoms with Crippen molar-refractivity contribution in [2.24, 2.45) is 0 Å². The molecule has 0 fully saturated rings. The lowest BCUT2D eigenvalue weighted by Gasteiger charge is -2.21. The third-order valence-electron chi connectivity index (χ3n) is 3.38. The van der Waals surface area contributed by atoms with Crippen molar-refractivity contribution in [3.05, 3.63) is 36.4 Å². The first kappa shape index (κ1) is 13.5. The number of hydrogen-bond donors (Lipinski definition) is 2. The van der Waals surface area contributed by atoms with Gasteiger partial charge in [-0.15, -0.1) is 0 Å². The summed E-state index contributed by atoms with van der Waals surface area (Å²) in [5.74, 6) is 0. The number of rotatable bonds is 4. The van der Waals surface area contributed by atoms with Crippen LogP contribution in [0.5, 0.6) is 0 Å². The molecule has 2 rings (SSSR count). The van der Waals surface area contributed by atoms with Crippen LogP contribution in [0.25, 0.3) is 0 Å². The number of amides is 2. The molecule has 19 heavy (non-hydrogen) atoms. The Balaban J connectivity index is 1.99. The summed E-state index contributed by atoms with van der Waals surface area (Å²) < 4.78 is 0. The summed E-state index contributed by atoms with van der Waals surface area (Å²) in [4.78, 5) is 14.1. The molecule has 2 amide bonds. The predicted octanol–water partition coefficient (Wildman–Crippen LogP) is 2.98. The highest BCUT2D eigenvalue weighted by Gasteiger charge is 2.14. The van der Waals surface area contributed by atoms with E-state index in [1.165, 1.54) is 0 Å². The largest absolute Gasteiger partial charge is 0.373 e. The Labute approximate surface area is 114 Å². The van der Waals surface area contributed by atoms with Crippen molar-refractivity contribution in [1.29, 1.82) is 0 Å². The van der Waals surface area contributed by atoms with E-state index in [-0.39, 0.29) is 12.1 Å². The Morgan fingerprint density at radius 3 is 2.68 bits per heavy atom. The molecule has 0 saturated carbocycles. The maximum absolute atomic E-state index is 12.0. The summed E-state index contributed by atoms with van der Waals surface area (Å²) >= 11 is 0. The van der Waals surface area contributed by atoms with Crippen molar-refractivity contribution in [1.82, 2.24) is 5.32 Å². The standard InChI is InChI=1S/C15H21N3O/c1-3-18(2)14-11-7-6-10-13(14)17-15(19)16-12-8-4-5-9-12/h4-7,10-12H,3,8-9H2,1-2H3,(H2,16,17,19). The van der Waals surface area contributed by atoms with Gasteiger partial charge in [0.1, 0.15) is 0 Å². The van der Waals surface area contributed by atoms with Crippen LogP contribution in [0.4, 0.5) is 16.2 Å². The highest BCUT2D eigenvalue weighted by Crippen LogP contribution is 2.24. The molecule has 4 nitrogen and oxygen atoms in total. The average molecular weight is 259 g/mol. The minimum absolute atomic E-state index is 0.134. The number of nitrogens with zero attached hydrogens (tertiary/aromatic N) is 1. The van der Waals surface area contributed by atoms with Crippen LogP contribution >= 0.6 is 0 Å². The van der Waals surface area contributed by atoms with Gasteiger partial charge < -0.3 is 15.5 Å². The zero-order valence-corrected chi connectivity index (χ0v) is 11.5. The van der Waals surface area contributed by atoms with E-state index in [4.69, 9.17) is 0 Å². The van der Waals surface area contributed by atoms with Crippen LogP contribution in [-0.4, -0.2) is 25.7 Å². The third-order valence-corrected chi connectivity index (χ3v) is 3.38. The first-order valence-electron chi connectivity index (χ1n) is 6.73. The van der Waals surface area contributed by atoms with Gasteiger partial charge in [0.05, 0.1) is 11.4 Å². The van der Waals surface area contributed by atoms with E-state index in [1.807, 2.05) is 31.3 Å². The molecule has 102 valence electrons. The van der Waals surface area contributed by atoms with E-state index in [0.29, 0.717) is 0 Å². The van der Waals surface area contributed by atoms with E-state index in [9.17, 15) is 4.79 Å². The van der Waals surface area contributed by atoms with Crippen molar-refractivity contribution < 1.29 is 4.79 Å². The van der Waals surface area contributed by atoms with Gasteiger partial charge in [0.25, 0.3) is 0 Å². The smallest absolute Gasteiger partial charge is 0.319 e. The molecule has 0 heterocycles. The molecule has 0 bridgehead atoms. The Morgan fingerprint density at radius 1 is 1.32 bits per heavy atom. The number of urea groups is 1. The second kappa shape index (κ2) is 6.27. The lowest BCUT2D eigenvalue weighted by Crippen LogP contribution is -2.36. The second-order valence-electron chi connectivity index (χ2n) is 4.77. The average Bonchev–Trinajstić information content (AvgIpc) is 2.91. The molecule has 0 aromatic heterocycles. The summed E-state index contributed by atoms with van der Waals surface area (Å²) in [6, 6.07) is 7.94. The Kier molecular flexibility index (Phi) is 4.44. The number of para-hydroxylation sites is 2. The maximum Gasteiger partial charge on any atom is 0.319 e. The maximum atomic E-state index is 12.0. The number of hydrogen-bond acceptors (Lipinski definition) is 2. The van der Waals surface area contributed by atoms with Crippen molar-refractivity contribution in [3.63, 3.8) is 0 Å². The number of benzene rings is 1. The van der Waals surface area contributed by atoms with E-state index in [2.05, 4.69) is 34.6 Å². The fourth-order valence-electron chi connectivity index (χ4n) is 2.16. The summed E-state index contributed by atoms with van der Waals surface area (Å²) in [5, 5.41) is 5.91. The summed E-state index contributed by atoms with van der Waals surface area (Å²) in [5.41, 5.74) is 1.88. The van der Waals surface area contributed by atoms with Crippen LogP contribution in [0.2, 0.25) is 0 Å². The molecule has 1 aliphatic rings. The Hall–Kier alpha value is -1.97. The predicted molar refractivity (Wildman–Crippen MR) is 79.7 cm³/mol. The van der Waals surface area contributed by atoms with Crippen molar-refractivity contribution in [2.75, 3.05) is 23.8 Å². The zero-order valence-electron chi connectivity index (χ0n) is 11.5. The number of carbonyl (C=O) groups is 1. The minimum Gasteiger partial charge on any atom is -0.373 e. The summed E-state index contributed by atoms with van der Waals surface area (Å²) in [7, 11) is 2.01. The second-order valence-corrected chi connectivity index (χ2v) is 4.77. The van der Waals surface area contributed by atoms with E-state index in [0.717, 1.165) is 30.8 Å². The van der Waals surface area contributed by atoms with E-state index in [1.54, 1.807) is 0 Å². The van der Waals surface area contributed by atoms with Gasteiger partial charge in [-0.1, -0.05) is 24.3 Å². The van der Waals surface area contributed by atoms with E-state index < -0.39 is 0 Å². The summed E-state index contributed by atoms with van der Waals surface area (Å²) in [6.45, 7) is 2.98. The van der Waals surface area contributed by atoms with Crippen LogP contribution in [0.1, 0.15) is 19.8 Å². The van der Waals surface area contributed by atoms with Crippen molar-refractivity contribution in [3.8, 4) is 0 Å². The quantitative estimate of drug-likeness (QED) is 0.816. The summed E-state index contributed by atoms with van der Waals surface area (Å²) in [6.07, 6.45) is 6.04. The van der Waals surface area contributed by atoms with Crippen LogP contribution in [-0.2, 0) is 0 Å². The Morgan fingerprint density at radius 2 is 2.00 bits per heavy atom. The molecule has 1 aliphatic carbocycles. The van der Waals surface area contributed by atoms with Gasteiger partial charge in [0.15, 0.2) is 0 Å². The SMILES string of the molecule is CCN(C)c1ccccc1NC(=O)NC1CC=CC1. The molecule has 0 radical (unpaired) electrons.